The molecule has 28 heavy (non-hydrogen) atoms. The first kappa shape index (κ1) is 19.4. The lowest BCUT2D eigenvalue weighted by molar-refractivity contribution is -0.123. The molecule has 0 aliphatic carbocycles. The maximum Gasteiger partial charge on any atom is 0.337 e. The molecule has 144 valence electrons. The molecule has 1 atom stereocenters. The third-order valence-corrected chi connectivity index (χ3v) is 4.67. The summed E-state index contributed by atoms with van der Waals surface area (Å²) in [6.07, 6.45) is 2.29. The highest BCUT2D eigenvalue weighted by atomic mass is 16.5. The minimum atomic E-state index is -0.410. The molecule has 1 unspecified atom stereocenters. The van der Waals surface area contributed by atoms with Gasteiger partial charge in [0.05, 0.1) is 30.4 Å². The molecule has 1 aromatic heterocycles. The van der Waals surface area contributed by atoms with Gasteiger partial charge in [0.25, 0.3) is 0 Å². The Balaban J connectivity index is 2.23. The number of hydrogen-bond acceptors (Lipinski definition) is 4. The molecule has 0 aliphatic rings. The topological polar surface area (TPSA) is 73.2 Å². The summed E-state index contributed by atoms with van der Waals surface area (Å²) in [7, 11) is 2.98. The van der Waals surface area contributed by atoms with Crippen LogP contribution in [0.5, 0.6) is 0 Å². The van der Waals surface area contributed by atoms with Crippen molar-refractivity contribution in [3.8, 4) is 22.5 Å². The van der Waals surface area contributed by atoms with Crippen molar-refractivity contribution in [2.24, 2.45) is 0 Å². The van der Waals surface area contributed by atoms with Crippen molar-refractivity contribution in [3.63, 3.8) is 0 Å². The van der Waals surface area contributed by atoms with E-state index in [0.29, 0.717) is 12.0 Å². The van der Waals surface area contributed by atoms with Gasteiger partial charge in [-0.1, -0.05) is 49.4 Å². The molecule has 0 radical (unpaired) electrons. The molecule has 1 heterocycles. The summed E-state index contributed by atoms with van der Waals surface area (Å²) in [5.74, 6) is -0.502. The number of carbonyl (C=O) groups excluding carboxylic acids is 2. The van der Waals surface area contributed by atoms with Gasteiger partial charge in [0.15, 0.2) is 0 Å². The highest BCUT2D eigenvalue weighted by molar-refractivity contribution is 5.92. The Bertz CT molecular complexity index is 980. The van der Waals surface area contributed by atoms with Gasteiger partial charge in [0.2, 0.25) is 5.91 Å². The fourth-order valence-corrected chi connectivity index (χ4v) is 3.28. The van der Waals surface area contributed by atoms with Gasteiger partial charge in [-0.05, 0) is 18.6 Å². The van der Waals surface area contributed by atoms with Crippen LogP contribution in [0.3, 0.4) is 0 Å². The molecule has 3 aromatic rings. The molecule has 3 rings (SSSR count). The molecular formula is C22H23N3O3. The molecular weight excluding hydrogens is 354 g/mol. The molecule has 6 heteroatoms. The first-order valence-corrected chi connectivity index (χ1v) is 9.13. The van der Waals surface area contributed by atoms with E-state index >= 15 is 0 Å². The molecule has 1 amide bonds. The summed E-state index contributed by atoms with van der Waals surface area (Å²) in [4.78, 5) is 29.1. The molecule has 0 bridgehead atoms. The summed E-state index contributed by atoms with van der Waals surface area (Å²) < 4.78 is 6.73. The zero-order chi connectivity index (χ0) is 20.1. The number of aromatic nitrogens is 2. The van der Waals surface area contributed by atoms with Crippen molar-refractivity contribution in [1.82, 2.24) is 14.9 Å². The predicted molar refractivity (Wildman–Crippen MR) is 108 cm³/mol. The van der Waals surface area contributed by atoms with E-state index < -0.39 is 12.0 Å². The molecule has 0 saturated heterocycles. The molecule has 2 aromatic carbocycles. The SMILES string of the molecule is CCC(C(=O)NC)n1cnc(-c2ccccc2)c1-c1cccc(C(=O)OC)c1. The van der Waals surface area contributed by atoms with Gasteiger partial charge >= 0.3 is 5.97 Å². The minimum Gasteiger partial charge on any atom is -0.465 e. The minimum absolute atomic E-state index is 0.0927. The number of nitrogens with zero attached hydrogens (tertiary/aromatic N) is 2. The number of likely N-dealkylation sites (N-methyl/N-ethyl adjacent to an activating group) is 1. The van der Waals surface area contributed by atoms with Crippen LogP contribution < -0.4 is 5.32 Å². The fraction of sp³-hybridized carbons (Fsp3) is 0.227. The largest absolute Gasteiger partial charge is 0.465 e. The summed E-state index contributed by atoms with van der Waals surface area (Å²) >= 11 is 0. The van der Waals surface area contributed by atoms with Crippen LogP contribution in [-0.4, -0.2) is 35.6 Å². The Morgan fingerprint density at radius 3 is 2.46 bits per heavy atom. The maximum absolute atomic E-state index is 12.5. The van der Waals surface area contributed by atoms with E-state index in [2.05, 4.69) is 10.3 Å². The number of amides is 1. The Morgan fingerprint density at radius 1 is 1.11 bits per heavy atom. The van der Waals surface area contributed by atoms with Crippen molar-refractivity contribution >= 4 is 11.9 Å². The number of hydrogen-bond donors (Lipinski definition) is 1. The van der Waals surface area contributed by atoms with Crippen LogP contribution in [-0.2, 0) is 9.53 Å². The highest BCUT2D eigenvalue weighted by Crippen LogP contribution is 2.34. The second-order valence-electron chi connectivity index (χ2n) is 6.33. The van der Waals surface area contributed by atoms with E-state index in [1.807, 2.05) is 47.9 Å². The number of rotatable bonds is 6. The number of esters is 1. The third-order valence-electron chi connectivity index (χ3n) is 4.67. The monoisotopic (exact) mass is 377 g/mol. The zero-order valence-corrected chi connectivity index (χ0v) is 16.2. The standard InChI is InChI=1S/C22H23N3O3/c1-4-18(21(26)23-2)25-14-24-19(15-9-6-5-7-10-15)20(25)16-11-8-12-17(13-16)22(27)28-3/h5-14,18H,4H2,1-3H3,(H,23,26). The van der Waals surface area contributed by atoms with Crippen molar-refractivity contribution in [1.29, 1.82) is 0 Å². The van der Waals surface area contributed by atoms with E-state index in [4.69, 9.17) is 4.74 Å². The van der Waals surface area contributed by atoms with Crippen LogP contribution >= 0.6 is 0 Å². The lowest BCUT2D eigenvalue weighted by Gasteiger charge is -2.19. The van der Waals surface area contributed by atoms with E-state index in [-0.39, 0.29) is 5.91 Å². The first-order valence-electron chi connectivity index (χ1n) is 9.13. The van der Waals surface area contributed by atoms with Crippen LogP contribution in [0.15, 0.2) is 60.9 Å². The van der Waals surface area contributed by atoms with E-state index in [1.165, 1.54) is 7.11 Å². The summed E-state index contributed by atoms with van der Waals surface area (Å²) in [5.41, 5.74) is 3.71. The lowest BCUT2D eigenvalue weighted by Crippen LogP contribution is -2.29. The van der Waals surface area contributed by atoms with Crippen molar-refractivity contribution in [2.75, 3.05) is 14.2 Å². The van der Waals surface area contributed by atoms with Gasteiger partial charge < -0.3 is 14.6 Å². The smallest absolute Gasteiger partial charge is 0.337 e. The average Bonchev–Trinajstić information content (AvgIpc) is 3.19. The van der Waals surface area contributed by atoms with Gasteiger partial charge in [0, 0.05) is 18.2 Å². The number of methoxy groups -OCH3 is 1. The number of benzene rings is 2. The molecule has 0 aliphatic heterocycles. The van der Waals surface area contributed by atoms with Crippen molar-refractivity contribution < 1.29 is 14.3 Å². The van der Waals surface area contributed by atoms with E-state index in [1.54, 1.807) is 31.6 Å². The van der Waals surface area contributed by atoms with Crippen LogP contribution in [0.25, 0.3) is 22.5 Å². The molecule has 0 spiro atoms. The van der Waals surface area contributed by atoms with Gasteiger partial charge in [-0.2, -0.15) is 0 Å². The van der Waals surface area contributed by atoms with Gasteiger partial charge in [-0.15, -0.1) is 0 Å². The number of ether oxygens (including phenoxy) is 1. The fourth-order valence-electron chi connectivity index (χ4n) is 3.28. The van der Waals surface area contributed by atoms with Crippen molar-refractivity contribution in [3.05, 3.63) is 66.5 Å². The maximum atomic E-state index is 12.5. The number of imidazole rings is 1. The third kappa shape index (κ3) is 3.67. The number of carbonyl (C=O) groups is 2. The Hall–Kier alpha value is -3.41. The predicted octanol–water partition coefficient (Wildman–Crippen LogP) is 3.70. The first-order chi connectivity index (χ1) is 13.6. The second-order valence-corrected chi connectivity index (χ2v) is 6.33. The van der Waals surface area contributed by atoms with Crippen LogP contribution in [0, 0.1) is 0 Å². The highest BCUT2D eigenvalue weighted by Gasteiger charge is 2.24. The van der Waals surface area contributed by atoms with Gasteiger partial charge in [-0.3, -0.25) is 4.79 Å². The van der Waals surface area contributed by atoms with E-state index in [0.717, 1.165) is 22.5 Å². The van der Waals surface area contributed by atoms with Crippen LogP contribution in [0.4, 0.5) is 0 Å². The lowest BCUT2D eigenvalue weighted by atomic mass is 10.0. The Morgan fingerprint density at radius 2 is 1.82 bits per heavy atom. The zero-order valence-electron chi connectivity index (χ0n) is 16.2. The van der Waals surface area contributed by atoms with Crippen LogP contribution in [0.2, 0.25) is 0 Å². The van der Waals surface area contributed by atoms with Crippen LogP contribution in [0.1, 0.15) is 29.7 Å². The average molecular weight is 377 g/mol. The number of nitrogens with one attached hydrogen (secondary N) is 1. The Kier molecular flexibility index (Phi) is 5.89. The van der Waals surface area contributed by atoms with Gasteiger partial charge in [0.1, 0.15) is 6.04 Å². The quantitative estimate of drug-likeness (QED) is 0.665. The Labute approximate surface area is 164 Å². The van der Waals surface area contributed by atoms with Gasteiger partial charge in [-0.25, -0.2) is 9.78 Å². The molecule has 0 fully saturated rings. The molecule has 6 nitrogen and oxygen atoms in total. The second kappa shape index (κ2) is 8.52. The van der Waals surface area contributed by atoms with Crippen molar-refractivity contribution in [2.45, 2.75) is 19.4 Å². The summed E-state index contributed by atoms with van der Waals surface area (Å²) in [6.45, 7) is 1.96. The summed E-state index contributed by atoms with van der Waals surface area (Å²) in [5, 5.41) is 2.72. The van der Waals surface area contributed by atoms with E-state index in [9.17, 15) is 9.59 Å². The molecule has 0 saturated carbocycles. The summed E-state index contributed by atoms with van der Waals surface area (Å²) in [6, 6.07) is 16.5. The normalized spacial score (nSPS) is 11.7. The molecule has 1 N–H and O–H groups in total.